The van der Waals surface area contributed by atoms with E-state index in [1.54, 1.807) is 13.2 Å². The molecule has 7 nitrogen and oxygen atoms in total. The van der Waals surface area contributed by atoms with E-state index in [1.807, 2.05) is 43.3 Å². The smallest absolute Gasteiger partial charge is 0.259 e. The summed E-state index contributed by atoms with van der Waals surface area (Å²) in [5, 5.41) is 7.83. The maximum Gasteiger partial charge on any atom is 0.259 e. The van der Waals surface area contributed by atoms with Crippen LogP contribution >= 0.6 is 0 Å². The standard InChI is InChI=1S/C27H28N4O3/c1-18-16-23(24-25(30-34-27(24)28-18)20-8-12-22(33-2)13-9-20)26(32)29-21-10-6-19(7-11-21)17-31-14-4-3-5-15-31/h6-13,16H,3-5,14-15,17H2,1-2H3,(H,29,32). The van der Waals surface area contributed by atoms with Crippen molar-refractivity contribution in [3.05, 3.63) is 71.4 Å². The molecule has 2 aromatic heterocycles. The van der Waals surface area contributed by atoms with Gasteiger partial charge in [-0.15, -0.1) is 0 Å². The Hall–Kier alpha value is -3.71. The SMILES string of the molecule is COc1ccc(-c2noc3nc(C)cc(C(=O)Nc4ccc(CN5CCCCC5)cc4)c23)cc1. The first-order valence-corrected chi connectivity index (χ1v) is 11.6. The number of hydrogen-bond donors (Lipinski definition) is 1. The lowest BCUT2D eigenvalue weighted by atomic mass is 10.0. The number of nitrogens with zero attached hydrogens (tertiary/aromatic N) is 3. The van der Waals surface area contributed by atoms with Gasteiger partial charge in [-0.25, -0.2) is 4.98 Å². The Morgan fingerprint density at radius 3 is 2.50 bits per heavy atom. The lowest BCUT2D eigenvalue weighted by Crippen LogP contribution is -2.29. The number of carbonyl (C=O) groups excluding carboxylic acids is 1. The van der Waals surface area contributed by atoms with E-state index in [0.29, 0.717) is 28.1 Å². The number of ether oxygens (including phenoxy) is 1. The molecule has 174 valence electrons. The molecule has 1 aliphatic rings. The number of piperidine rings is 1. The van der Waals surface area contributed by atoms with E-state index in [9.17, 15) is 4.79 Å². The molecule has 34 heavy (non-hydrogen) atoms. The summed E-state index contributed by atoms with van der Waals surface area (Å²) in [7, 11) is 1.62. The molecule has 7 heteroatoms. The van der Waals surface area contributed by atoms with E-state index in [2.05, 4.69) is 32.5 Å². The number of rotatable bonds is 6. The second kappa shape index (κ2) is 9.65. The predicted octanol–water partition coefficient (Wildman–Crippen LogP) is 5.45. The fourth-order valence-electron chi connectivity index (χ4n) is 4.47. The van der Waals surface area contributed by atoms with Gasteiger partial charge in [0, 0.05) is 23.5 Å². The van der Waals surface area contributed by atoms with Crippen LogP contribution in [0.3, 0.4) is 0 Å². The van der Waals surface area contributed by atoms with Gasteiger partial charge in [0.25, 0.3) is 11.6 Å². The summed E-state index contributed by atoms with van der Waals surface area (Å²) in [5.41, 5.74) is 4.90. The summed E-state index contributed by atoms with van der Waals surface area (Å²) in [5.74, 6) is 0.518. The van der Waals surface area contributed by atoms with Crippen LogP contribution in [0, 0.1) is 6.92 Å². The minimum Gasteiger partial charge on any atom is -0.497 e. The van der Waals surface area contributed by atoms with E-state index < -0.39 is 0 Å². The molecule has 1 saturated heterocycles. The number of aryl methyl sites for hydroxylation is 1. The number of likely N-dealkylation sites (tertiary alicyclic amines) is 1. The highest BCUT2D eigenvalue weighted by atomic mass is 16.5. The Morgan fingerprint density at radius 1 is 1.06 bits per heavy atom. The highest BCUT2D eigenvalue weighted by molar-refractivity contribution is 6.14. The van der Waals surface area contributed by atoms with Gasteiger partial charge in [0.1, 0.15) is 11.4 Å². The van der Waals surface area contributed by atoms with Gasteiger partial charge in [-0.2, -0.15) is 0 Å². The van der Waals surface area contributed by atoms with Gasteiger partial charge in [-0.05, 0) is 80.9 Å². The van der Waals surface area contributed by atoms with Crippen LogP contribution in [0.1, 0.15) is 40.9 Å². The van der Waals surface area contributed by atoms with E-state index in [0.717, 1.165) is 36.6 Å². The largest absolute Gasteiger partial charge is 0.497 e. The Kier molecular flexibility index (Phi) is 6.27. The van der Waals surface area contributed by atoms with Gasteiger partial charge < -0.3 is 14.6 Å². The molecule has 0 aliphatic carbocycles. The zero-order valence-corrected chi connectivity index (χ0v) is 19.5. The fraction of sp³-hybridized carbons (Fsp3) is 0.296. The molecule has 1 amide bonds. The number of nitrogens with one attached hydrogen (secondary N) is 1. The molecule has 0 atom stereocenters. The van der Waals surface area contributed by atoms with Crippen LogP contribution in [-0.4, -0.2) is 41.1 Å². The van der Waals surface area contributed by atoms with Gasteiger partial charge in [0.15, 0.2) is 0 Å². The molecule has 0 radical (unpaired) electrons. The molecule has 3 heterocycles. The van der Waals surface area contributed by atoms with Crippen molar-refractivity contribution in [2.24, 2.45) is 0 Å². The molecular weight excluding hydrogens is 428 g/mol. The van der Waals surface area contributed by atoms with Crippen molar-refractivity contribution in [1.82, 2.24) is 15.0 Å². The van der Waals surface area contributed by atoms with E-state index >= 15 is 0 Å². The predicted molar refractivity (Wildman–Crippen MR) is 132 cm³/mol. The van der Waals surface area contributed by atoms with E-state index in [4.69, 9.17) is 9.26 Å². The van der Waals surface area contributed by atoms with Gasteiger partial charge in [0.2, 0.25) is 0 Å². The van der Waals surface area contributed by atoms with Crippen molar-refractivity contribution in [2.45, 2.75) is 32.7 Å². The highest BCUT2D eigenvalue weighted by Crippen LogP contribution is 2.32. The number of pyridine rings is 1. The fourth-order valence-corrected chi connectivity index (χ4v) is 4.47. The maximum absolute atomic E-state index is 13.3. The Morgan fingerprint density at radius 2 is 1.79 bits per heavy atom. The summed E-state index contributed by atoms with van der Waals surface area (Å²) in [6.45, 7) is 5.10. The topological polar surface area (TPSA) is 80.5 Å². The molecular formula is C27H28N4O3. The first-order chi connectivity index (χ1) is 16.6. The van der Waals surface area contributed by atoms with Crippen LogP contribution in [0.2, 0.25) is 0 Å². The third kappa shape index (κ3) is 4.65. The molecule has 1 aliphatic heterocycles. The Bertz CT molecular complexity index is 1290. The highest BCUT2D eigenvalue weighted by Gasteiger charge is 2.21. The number of benzene rings is 2. The van der Waals surface area contributed by atoms with Crippen molar-refractivity contribution >= 4 is 22.7 Å². The second-order valence-electron chi connectivity index (χ2n) is 8.74. The number of amides is 1. The summed E-state index contributed by atoms with van der Waals surface area (Å²) in [4.78, 5) is 20.2. The quantitative estimate of drug-likeness (QED) is 0.416. The molecule has 4 aromatic rings. The van der Waals surface area contributed by atoms with E-state index in [-0.39, 0.29) is 5.91 Å². The lowest BCUT2D eigenvalue weighted by Gasteiger charge is -2.26. The average molecular weight is 457 g/mol. The monoisotopic (exact) mass is 456 g/mol. The number of anilines is 1. The first-order valence-electron chi connectivity index (χ1n) is 11.6. The van der Waals surface area contributed by atoms with Crippen molar-refractivity contribution < 1.29 is 14.1 Å². The molecule has 1 fully saturated rings. The van der Waals surface area contributed by atoms with Crippen molar-refractivity contribution in [3.63, 3.8) is 0 Å². The summed E-state index contributed by atoms with van der Waals surface area (Å²) < 4.78 is 10.7. The van der Waals surface area contributed by atoms with Crippen LogP contribution in [-0.2, 0) is 6.54 Å². The molecule has 2 aromatic carbocycles. The molecule has 0 unspecified atom stereocenters. The first kappa shape index (κ1) is 22.1. The van der Waals surface area contributed by atoms with Crippen molar-refractivity contribution in [3.8, 4) is 17.0 Å². The number of carbonyl (C=O) groups is 1. The molecule has 0 saturated carbocycles. The van der Waals surface area contributed by atoms with Gasteiger partial charge in [-0.1, -0.05) is 23.7 Å². The second-order valence-corrected chi connectivity index (χ2v) is 8.74. The van der Waals surface area contributed by atoms with Crippen molar-refractivity contribution in [1.29, 1.82) is 0 Å². The van der Waals surface area contributed by atoms with Crippen LogP contribution in [0.15, 0.2) is 59.1 Å². The Labute approximate surface area is 198 Å². The zero-order valence-electron chi connectivity index (χ0n) is 19.5. The summed E-state index contributed by atoms with van der Waals surface area (Å²) >= 11 is 0. The zero-order chi connectivity index (χ0) is 23.5. The molecule has 0 bridgehead atoms. The minimum absolute atomic E-state index is 0.225. The normalized spacial score (nSPS) is 14.3. The van der Waals surface area contributed by atoms with Crippen molar-refractivity contribution in [2.75, 3.05) is 25.5 Å². The minimum atomic E-state index is -0.225. The Balaban J connectivity index is 1.39. The summed E-state index contributed by atoms with van der Waals surface area (Å²) in [6, 6.07) is 17.3. The third-order valence-electron chi connectivity index (χ3n) is 6.25. The molecule has 0 spiro atoms. The van der Waals surface area contributed by atoms with Crippen LogP contribution in [0.5, 0.6) is 5.75 Å². The number of hydrogen-bond acceptors (Lipinski definition) is 6. The van der Waals surface area contributed by atoms with Crippen LogP contribution in [0.4, 0.5) is 5.69 Å². The summed E-state index contributed by atoms with van der Waals surface area (Å²) in [6.07, 6.45) is 3.88. The number of aromatic nitrogens is 2. The third-order valence-corrected chi connectivity index (χ3v) is 6.25. The number of fused-ring (bicyclic) bond motifs is 1. The van der Waals surface area contributed by atoms with Gasteiger partial charge in [-0.3, -0.25) is 9.69 Å². The molecule has 1 N–H and O–H groups in total. The molecule has 5 rings (SSSR count). The van der Waals surface area contributed by atoms with Gasteiger partial charge >= 0.3 is 0 Å². The van der Waals surface area contributed by atoms with Crippen LogP contribution < -0.4 is 10.1 Å². The van der Waals surface area contributed by atoms with Gasteiger partial charge in [0.05, 0.1) is 18.1 Å². The van der Waals surface area contributed by atoms with E-state index in [1.165, 1.54) is 24.8 Å². The lowest BCUT2D eigenvalue weighted by molar-refractivity contribution is 0.102. The maximum atomic E-state index is 13.3. The number of methoxy groups -OCH3 is 1. The van der Waals surface area contributed by atoms with Crippen LogP contribution in [0.25, 0.3) is 22.4 Å². The average Bonchev–Trinajstić information content (AvgIpc) is 3.29.